The van der Waals surface area contributed by atoms with E-state index in [0.717, 1.165) is 44.2 Å². The molecule has 0 saturated heterocycles. The van der Waals surface area contributed by atoms with E-state index in [0.29, 0.717) is 30.6 Å². The highest BCUT2D eigenvalue weighted by atomic mass is 16.5. The zero-order valence-electron chi connectivity index (χ0n) is 20.5. The molecule has 3 unspecified atom stereocenters. The number of ether oxygens (including phenoxy) is 2. The van der Waals surface area contributed by atoms with Crippen LogP contribution in [0.15, 0.2) is 36.4 Å². The summed E-state index contributed by atoms with van der Waals surface area (Å²) in [7, 11) is 3.95. The van der Waals surface area contributed by atoms with Crippen LogP contribution in [0.3, 0.4) is 0 Å². The molecule has 0 radical (unpaired) electrons. The van der Waals surface area contributed by atoms with Gasteiger partial charge in [0.15, 0.2) is 0 Å². The third-order valence-corrected chi connectivity index (χ3v) is 6.97. The minimum absolute atomic E-state index is 0.0276. The number of rotatable bonds is 15. The lowest BCUT2D eigenvalue weighted by Gasteiger charge is -2.16. The largest absolute Gasteiger partial charge is 0.465 e. The first-order valence-corrected chi connectivity index (χ1v) is 12.8. The Morgan fingerprint density at radius 3 is 1.88 bits per heavy atom. The van der Waals surface area contributed by atoms with Crippen LogP contribution < -0.4 is 4.90 Å². The number of hydrogen-bond donors (Lipinski definition) is 0. The topological polar surface area (TPSA) is 55.8 Å². The van der Waals surface area contributed by atoms with Crippen molar-refractivity contribution in [3.8, 4) is 0 Å². The summed E-state index contributed by atoms with van der Waals surface area (Å²) in [6, 6.07) is 7.50. The van der Waals surface area contributed by atoms with Crippen LogP contribution in [-0.2, 0) is 14.3 Å². The van der Waals surface area contributed by atoms with E-state index in [9.17, 15) is 9.59 Å². The summed E-state index contributed by atoms with van der Waals surface area (Å²) < 4.78 is 10.9. The highest BCUT2D eigenvalue weighted by Gasteiger charge is 2.40. The van der Waals surface area contributed by atoms with Gasteiger partial charge in [0.05, 0.1) is 24.7 Å². The number of nitrogens with zero attached hydrogens (tertiary/aromatic N) is 1. The minimum Gasteiger partial charge on any atom is -0.465 e. The van der Waals surface area contributed by atoms with Gasteiger partial charge in [0, 0.05) is 19.8 Å². The SMILES string of the molecule is CN(C)c1ccc(C(=O)OCCCCCCCCCCCOC(=O)C2CC3C=CC2C3)cc1. The Bertz CT molecular complexity index is 771. The van der Waals surface area contributed by atoms with Crippen molar-refractivity contribution >= 4 is 17.6 Å². The average molecular weight is 456 g/mol. The molecule has 5 heteroatoms. The summed E-state index contributed by atoms with van der Waals surface area (Å²) >= 11 is 0. The molecule has 0 amide bonds. The zero-order chi connectivity index (χ0) is 23.5. The number of esters is 2. The van der Waals surface area contributed by atoms with Crippen molar-refractivity contribution in [2.24, 2.45) is 17.8 Å². The minimum atomic E-state index is -0.238. The Balaban J connectivity index is 1.08. The van der Waals surface area contributed by atoms with Crippen LogP contribution in [0.1, 0.15) is 81.0 Å². The van der Waals surface area contributed by atoms with Crippen LogP contribution in [0.5, 0.6) is 0 Å². The van der Waals surface area contributed by atoms with Gasteiger partial charge >= 0.3 is 11.9 Å². The Hall–Kier alpha value is -2.30. The van der Waals surface area contributed by atoms with Gasteiger partial charge in [-0.25, -0.2) is 4.79 Å². The van der Waals surface area contributed by atoms with E-state index < -0.39 is 0 Å². The number of carbonyl (C=O) groups excluding carboxylic acids is 2. The van der Waals surface area contributed by atoms with Gasteiger partial charge in [0.2, 0.25) is 0 Å². The first-order valence-electron chi connectivity index (χ1n) is 12.8. The first kappa shape index (κ1) is 25.3. The Morgan fingerprint density at radius 1 is 0.788 bits per heavy atom. The quantitative estimate of drug-likeness (QED) is 0.180. The van der Waals surface area contributed by atoms with Crippen molar-refractivity contribution in [3.63, 3.8) is 0 Å². The number of hydrogen-bond acceptors (Lipinski definition) is 5. The molecule has 3 atom stereocenters. The molecule has 2 bridgehead atoms. The molecule has 1 aromatic rings. The van der Waals surface area contributed by atoms with Gasteiger partial charge in [0.1, 0.15) is 0 Å². The fourth-order valence-corrected chi connectivity index (χ4v) is 4.92. The molecule has 0 heterocycles. The molecule has 2 aliphatic carbocycles. The summed E-state index contributed by atoms with van der Waals surface area (Å²) in [6.45, 7) is 1.07. The van der Waals surface area contributed by atoms with Crippen LogP contribution in [0.2, 0.25) is 0 Å². The van der Waals surface area contributed by atoms with Crippen molar-refractivity contribution < 1.29 is 19.1 Å². The van der Waals surface area contributed by atoms with Crippen molar-refractivity contribution in [1.82, 2.24) is 0 Å². The number of benzene rings is 1. The molecule has 2 aliphatic rings. The van der Waals surface area contributed by atoms with E-state index in [1.165, 1.54) is 32.1 Å². The van der Waals surface area contributed by atoms with Crippen LogP contribution in [-0.4, -0.2) is 39.2 Å². The maximum atomic E-state index is 12.2. The second kappa shape index (κ2) is 13.4. The Labute approximate surface area is 199 Å². The molecule has 1 fully saturated rings. The number of carbonyl (C=O) groups is 2. The van der Waals surface area contributed by atoms with Crippen LogP contribution in [0.25, 0.3) is 0 Å². The van der Waals surface area contributed by atoms with E-state index in [-0.39, 0.29) is 17.9 Å². The molecule has 5 nitrogen and oxygen atoms in total. The van der Waals surface area contributed by atoms with Gasteiger partial charge in [-0.15, -0.1) is 0 Å². The molecule has 0 aliphatic heterocycles. The van der Waals surface area contributed by atoms with E-state index in [2.05, 4.69) is 12.2 Å². The molecule has 0 spiro atoms. The zero-order valence-corrected chi connectivity index (χ0v) is 20.5. The maximum Gasteiger partial charge on any atom is 0.338 e. The van der Waals surface area contributed by atoms with Gasteiger partial charge in [-0.05, 0) is 61.8 Å². The van der Waals surface area contributed by atoms with Gasteiger partial charge < -0.3 is 14.4 Å². The van der Waals surface area contributed by atoms with E-state index in [4.69, 9.17) is 9.47 Å². The summed E-state index contributed by atoms with van der Waals surface area (Å²) in [6.07, 6.45) is 16.8. The summed E-state index contributed by atoms with van der Waals surface area (Å²) in [5.41, 5.74) is 1.68. The van der Waals surface area contributed by atoms with Gasteiger partial charge in [0.25, 0.3) is 0 Å². The highest BCUT2D eigenvalue weighted by molar-refractivity contribution is 5.89. The second-order valence-electron chi connectivity index (χ2n) is 9.81. The van der Waals surface area contributed by atoms with Crippen molar-refractivity contribution in [3.05, 3.63) is 42.0 Å². The average Bonchev–Trinajstić information content (AvgIpc) is 3.46. The third kappa shape index (κ3) is 8.21. The van der Waals surface area contributed by atoms with Crippen molar-refractivity contribution in [2.45, 2.75) is 70.6 Å². The van der Waals surface area contributed by atoms with E-state index >= 15 is 0 Å². The number of unbranched alkanes of at least 4 members (excludes halogenated alkanes) is 8. The standard InChI is InChI=1S/C28H41NO4/c1-29(2)25-16-14-23(15-17-25)27(30)32-18-10-8-6-4-3-5-7-9-11-19-33-28(31)26-21-22-12-13-24(26)20-22/h12-17,22,24,26H,3-11,18-21H2,1-2H3. The smallest absolute Gasteiger partial charge is 0.338 e. The number of fused-ring (bicyclic) bond motifs is 2. The summed E-state index contributed by atoms with van der Waals surface area (Å²) in [5.74, 6) is 0.972. The van der Waals surface area contributed by atoms with Crippen molar-refractivity contribution in [1.29, 1.82) is 0 Å². The van der Waals surface area contributed by atoms with Gasteiger partial charge in [-0.2, -0.15) is 0 Å². The monoisotopic (exact) mass is 455 g/mol. The molecule has 1 aromatic carbocycles. The first-order chi connectivity index (χ1) is 16.0. The Kier molecular flexibility index (Phi) is 10.3. The molecule has 182 valence electrons. The highest BCUT2D eigenvalue weighted by Crippen LogP contribution is 2.43. The maximum absolute atomic E-state index is 12.2. The lowest BCUT2D eigenvalue weighted by atomic mass is 9.94. The molecule has 33 heavy (non-hydrogen) atoms. The molecule has 1 saturated carbocycles. The van der Waals surface area contributed by atoms with E-state index in [1.54, 1.807) is 0 Å². The molecular weight excluding hydrogens is 414 g/mol. The molecule has 0 N–H and O–H groups in total. The number of anilines is 1. The lowest BCUT2D eigenvalue weighted by Crippen LogP contribution is -2.21. The van der Waals surface area contributed by atoms with Crippen LogP contribution in [0, 0.1) is 17.8 Å². The predicted octanol–water partition coefficient (Wildman–Crippen LogP) is 6.18. The summed E-state index contributed by atoms with van der Waals surface area (Å²) in [5, 5.41) is 0. The van der Waals surface area contributed by atoms with Gasteiger partial charge in [-0.1, -0.05) is 57.1 Å². The second-order valence-corrected chi connectivity index (χ2v) is 9.81. The lowest BCUT2D eigenvalue weighted by molar-refractivity contribution is -0.149. The summed E-state index contributed by atoms with van der Waals surface area (Å²) in [4.78, 5) is 26.3. The van der Waals surface area contributed by atoms with Crippen LogP contribution >= 0.6 is 0 Å². The van der Waals surface area contributed by atoms with Crippen molar-refractivity contribution in [2.75, 3.05) is 32.2 Å². The van der Waals surface area contributed by atoms with Crippen LogP contribution in [0.4, 0.5) is 5.69 Å². The molecule has 0 aromatic heterocycles. The van der Waals surface area contributed by atoms with Gasteiger partial charge in [-0.3, -0.25) is 4.79 Å². The molecular formula is C28H41NO4. The fourth-order valence-electron chi connectivity index (χ4n) is 4.92. The normalized spacial score (nSPS) is 20.7. The predicted molar refractivity (Wildman–Crippen MR) is 132 cm³/mol. The third-order valence-electron chi connectivity index (χ3n) is 6.97. The Morgan fingerprint density at radius 2 is 1.36 bits per heavy atom. The molecule has 3 rings (SSSR count). The number of allylic oxidation sites excluding steroid dienone is 2. The fraction of sp³-hybridized carbons (Fsp3) is 0.643. The van der Waals surface area contributed by atoms with E-state index in [1.807, 2.05) is 43.3 Å².